The fourth-order valence-electron chi connectivity index (χ4n) is 2.03. The van der Waals surface area contributed by atoms with Crippen LogP contribution in [0.4, 0.5) is 13.2 Å². The number of hydrogen-bond donors (Lipinski definition) is 2. The van der Waals surface area contributed by atoms with Crippen LogP contribution >= 0.6 is 11.6 Å². The Balaban J connectivity index is 2.14. The zero-order chi connectivity index (χ0) is 17.1. The lowest BCUT2D eigenvalue weighted by molar-refractivity contribution is 0.0847. The smallest absolute Gasteiger partial charge is 0.254 e. The maximum Gasteiger partial charge on any atom is 0.254 e. The number of rotatable bonds is 4. The molecule has 0 radical (unpaired) electrons. The van der Waals surface area contributed by atoms with Gasteiger partial charge in [0.25, 0.3) is 5.91 Å². The Morgan fingerprint density at radius 1 is 1.17 bits per heavy atom. The van der Waals surface area contributed by atoms with Crippen LogP contribution in [-0.2, 0) is 0 Å². The number of hydrogen-bond acceptors (Lipinski definition) is 2. The minimum Gasteiger partial charge on any atom is -0.386 e. The summed E-state index contributed by atoms with van der Waals surface area (Å²) in [5.41, 5.74) is -0.190. The van der Waals surface area contributed by atoms with Crippen molar-refractivity contribution < 1.29 is 23.1 Å². The Hall–Kier alpha value is -2.05. The molecule has 0 heterocycles. The Morgan fingerprint density at radius 2 is 1.87 bits per heavy atom. The molecule has 2 aromatic rings. The van der Waals surface area contributed by atoms with E-state index in [0.29, 0.717) is 0 Å². The third-order valence-electron chi connectivity index (χ3n) is 3.31. The minimum absolute atomic E-state index is 0.0864. The van der Waals surface area contributed by atoms with Gasteiger partial charge in [-0.3, -0.25) is 4.79 Å². The van der Waals surface area contributed by atoms with Gasteiger partial charge < -0.3 is 10.4 Å². The van der Waals surface area contributed by atoms with Crippen LogP contribution in [0.25, 0.3) is 0 Å². The summed E-state index contributed by atoms with van der Waals surface area (Å²) < 4.78 is 39.9. The molecular weight excluding hydrogens is 331 g/mol. The van der Waals surface area contributed by atoms with Crippen LogP contribution in [0.5, 0.6) is 0 Å². The summed E-state index contributed by atoms with van der Waals surface area (Å²) in [7, 11) is 0. The van der Waals surface area contributed by atoms with E-state index in [0.717, 1.165) is 12.1 Å². The van der Waals surface area contributed by atoms with Crippen LogP contribution < -0.4 is 5.32 Å². The first-order valence-corrected chi connectivity index (χ1v) is 7.07. The summed E-state index contributed by atoms with van der Waals surface area (Å²) in [5.74, 6) is -3.81. The van der Waals surface area contributed by atoms with Gasteiger partial charge in [0, 0.05) is 0 Å². The molecule has 0 aliphatic carbocycles. The molecule has 23 heavy (non-hydrogen) atoms. The van der Waals surface area contributed by atoms with Crippen molar-refractivity contribution in [3.8, 4) is 0 Å². The van der Waals surface area contributed by atoms with E-state index in [1.807, 2.05) is 0 Å². The maximum absolute atomic E-state index is 13.8. The number of nitrogens with one attached hydrogen (secondary N) is 1. The maximum atomic E-state index is 13.8. The second kappa shape index (κ2) is 7.02. The molecule has 2 aromatic carbocycles. The lowest BCUT2D eigenvalue weighted by Crippen LogP contribution is -2.37. The number of carbonyl (C=O) groups excluding carboxylic acids is 1. The van der Waals surface area contributed by atoms with E-state index < -0.39 is 35.5 Å². The van der Waals surface area contributed by atoms with Crippen molar-refractivity contribution >= 4 is 17.5 Å². The average Bonchev–Trinajstić information content (AvgIpc) is 2.51. The highest BCUT2D eigenvalue weighted by molar-refractivity contribution is 6.31. The first kappa shape index (κ1) is 17.3. The Labute approximate surface area is 135 Å². The van der Waals surface area contributed by atoms with Gasteiger partial charge in [0.2, 0.25) is 0 Å². The summed E-state index contributed by atoms with van der Waals surface area (Å²) in [6.07, 6.45) is -1.30. The van der Waals surface area contributed by atoms with Crippen molar-refractivity contribution in [2.45, 2.75) is 19.1 Å². The Morgan fingerprint density at radius 3 is 2.52 bits per heavy atom. The van der Waals surface area contributed by atoms with Crippen LogP contribution in [0.2, 0.25) is 5.02 Å². The molecule has 2 atom stereocenters. The average molecular weight is 344 g/mol. The fourth-order valence-corrected chi connectivity index (χ4v) is 2.20. The van der Waals surface area contributed by atoms with Crippen LogP contribution in [-0.4, -0.2) is 17.1 Å². The minimum atomic E-state index is -1.30. The number of amides is 1. The summed E-state index contributed by atoms with van der Waals surface area (Å²) in [4.78, 5) is 12.0. The largest absolute Gasteiger partial charge is 0.386 e. The van der Waals surface area contributed by atoms with Gasteiger partial charge >= 0.3 is 0 Å². The fraction of sp³-hybridized carbons (Fsp3) is 0.188. The lowest BCUT2D eigenvalue weighted by Gasteiger charge is -2.21. The third-order valence-corrected chi connectivity index (χ3v) is 3.61. The number of benzene rings is 2. The van der Waals surface area contributed by atoms with E-state index in [2.05, 4.69) is 5.32 Å². The molecule has 7 heteroatoms. The predicted octanol–water partition coefficient (Wildman–Crippen LogP) is 3.61. The van der Waals surface area contributed by atoms with E-state index in [-0.39, 0.29) is 16.1 Å². The Kier molecular flexibility index (Phi) is 5.28. The Bertz CT molecular complexity index is 739. The van der Waals surface area contributed by atoms with Crippen molar-refractivity contribution in [3.63, 3.8) is 0 Å². The zero-order valence-corrected chi connectivity index (χ0v) is 12.7. The molecule has 0 saturated heterocycles. The number of aliphatic hydroxyl groups excluding tert-OH is 1. The van der Waals surface area contributed by atoms with Gasteiger partial charge in [-0.25, -0.2) is 13.2 Å². The second-order valence-electron chi connectivity index (χ2n) is 4.98. The summed E-state index contributed by atoms with van der Waals surface area (Å²) in [5, 5.41) is 12.3. The highest BCUT2D eigenvalue weighted by Crippen LogP contribution is 2.21. The summed E-state index contributed by atoms with van der Waals surface area (Å²) in [6.45, 7) is 1.45. The van der Waals surface area contributed by atoms with Crippen LogP contribution in [0.15, 0.2) is 36.4 Å². The molecule has 3 nitrogen and oxygen atoms in total. The van der Waals surface area contributed by atoms with E-state index in [9.17, 15) is 23.1 Å². The topological polar surface area (TPSA) is 49.3 Å². The standard InChI is InChI=1S/C16H13ClF3NO2/c1-8(15(22)9-5-6-12(18)13(19)7-9)21-16(23)10-3-2-4-11(17)14(10)20/h2-8,15,22H,1H3,(H,21,23). The number of carbonyl (C=O) groups is 1. The third kappa shape index (κ3) is 3.83. The van der Waals surface area contributed by atoms with Gasteiger partial charge in [0.05, 0.1) is 22.7 Å². The van der Waals surface area contributed by atoms with Crippen molar-refractivity contribution in [1.29, 1.82) is 0 Å². The van der Waals surface area contributed by atoms with Gasteiger partial charge in [-0.1, -0.05) is 23.7 Å². The normalized spacial score (nSPS) is 13.5. The molecule has 0 aliphatic heterocycles. The van der Waals surface area contributed by atoms with E-state index in [1.54, 1.807) is 0 Å². The van der Waals surface area contributed by atoms with Crippen LogP contribution in [0, 0.1) is 17.5 Å². The molecule has 2 rings (SSSR count). The van der Waals surface area contributed by atoms with Crippen molar-refractivity contribution in [3.05, 3.63) is 70.0 Å². The molecule has 0 saturated carbocycles. The lowest BCUT2D eigenvalue weighted by atomic mass is 10.0. The first-order valence-electron chi connectivity index (χ1n) is 6.69. The monoisotopic (exact) mass is 343 g/mol. The van der Waals surface area contributed by atoms with Crippen LogP contribution in [0.3, 0.4) is 0 Å². The molecule has 0 aliphatic rings. The van der Waals surface area contributed by atoms with Crippen molar-refractivity contribution in [2.24, 2.45) is 0 Å². The van der Waals surface area contributed by atoms with E-state index in [4.69, 9.17) is 11.6 Å². The summed E-state index contributed by atoms with van der Waals surface area (Å²) >= 11 is 5.60. The van der Waals surface area contributed by atoms with Gasteiger partial charge in [-0.05, 0) is 36.8 Å². The molecule has 0 fully saturated rings. The van der Waals surface area contributed by atoms with Gasteiger partial charge in [0.1, 0.15) is 0 Å². The molecule has 0 bridgehead atoms. The highest BCUT2D eigenvalue weighted by atomic mass is 35.5. The molecule has 2 N–H and O–H groups in total. The molecule has 122 valence electrons. The predicted molar refractivity (Wildman–Crippen MR) is 79.7 cm³/mol. The summed E-state index contributed by atoms with van der Waals surface area (Å²) in [6, 6.07) is 6.00. The molecule has 1 amide bonds. The van der Waals surface area contributed by atoms with Crippen LogP contribution in [0.1, 0.15) is 28.9 Å². The second-order valence-corrected chi connectivity index (χ2v) is 5.39. The van der Waals surface area contributed by atoms with E-state index in [1.165, 1.54) is 31.2 Å². The SMILES string of the molecule is CC(NC(=O)c1cccc(Cl)c1F)C(O)c1ccc(F)c(F)c1. The van der Waals surface area contributed by atoms with Gasteiger partial charge in [-0.2, -0.15) is 0 Å². The molecule has 0 spiro atoms. The van der Waals surface area contributed by atoms with Crippen molar-refractivity contribution in [1.82, 2.24) is 5.32 Å². The van der Waals surface area contributed by atoms with Gasteiger partial charge in [-0.15, -0.1) is 0 Å². The molecule has 2 unspecified atom stereocenters. The quantitative estimate of drug-likeness (QED) is 0.891. The molecular formula is C16H13ClF3NO2. The van der Waals surface area contributed by atoms with Crippen molar-refractivity contribution in [2.75, 3.05) is 0 Å². The van der Waals surface area contributed by atoms with Gasteiger partial charge in [0.15, 0.2) is 17.5 Å². The number of aliphatic hydroxyl groups is 1. The first-order chi connectivity index (χ1) is 10.8. The van der Waals surface area contributed by atoms with E-state index >= 15 is 0 Å². The highest BCUT2D eigenvalue weighted by Gasteiger charge is 2.22. The number of halogens is 4. The molecule has 0 aromatic heterocycles. The zero-order valence-electron chi connectivity index (χ0n) is 12.0.